The first-order valence-corrected chi connectivity index (χ1v) is 11.7. The SMILES string of the molecule is Cc1ccc(C)n1-c1nnc(N2CCC[C@H](C(=O)NCCCN3CCCC3)C2)s1. The molecule has 0 spiro atoms. The van der Waals surface area contributed by atoms with Gasteiger partial charge in [0.05, 0.1) is 5.92 Å². The fourth-order valence-corrected chi connectivity index (χ4v) is 5.43. The van der Waals surface area contributed by atoms with Crippen LogP contribution in [0.4, 0.5) is 5.13 Å². The molecule has 4 rings (SSSR count). The van der Waals surface area contributed by atoms with Gasteiger partial charge in [-0.05, 0) is 77.7 Å². The Hall–Kier alpha value is -1.93. The monoisotopic (exact) mass is 416 g/mol. The molecule has 2 aromatic heterocycles. The van der Waals surface area contributed by atoms with Crippen LogP contribution in [0.25, 0.3) is 5.13 Å². The van der Waals surface area contributed by atoms with Crippen molar-refractivity contribution in [2.75, 3.05) is 44.2 Å². The molecule has 0 bridgehead atoms. The Labute approximate surface area is 177 Å². The van der Waals surface area contributed by atoms with E-state index in [-0.39, 0.29) is 11.8 Å². The Morgan fingerprint density at radius 3 is 2.59 bits per heavy atom. The fraction of sp³-hybridized carbons (Fsp3) is 0.667. The van der Waals surface area contributed by atoms with Crippen molar-refractivity contribution in [3.8, 4) is 5.13 Å². The van der Waals surface area contributed by atoms with Crippen LogP contribution in [0, 0.1) is 19.8 Å². The first-order chi connectivity index (χ1) is 14.1. The zero-order chi connectivity index (χ0) is 20.2. The van der Waals surface area contributed by atoms with Crippen LogP contribution in [0.2, 0.25) is 0 Å². The highest BCUT2D eigenvalue weighted by Crippen LogP contribution is 2.29. The lowest BCUT2D eigenvalue weighted by Gasteiger charge is -2.31. The molecule has 0 radical (unpaired) electrons. The van der Waals surface area contributed by atoms with Crippen LogP contribution in [-0.4, -0.2) is 64.8 Å². The molecule has 0 unspecified atom stereocenters. The maximum atomic E-state index is 12.7. The highest BCUT2D eigenvalue weighted by atomic mass is 32.1. The van der Waals surface area contributed by atoms with Gasteiger partial charge in [0.15, 0.2) is 0 Å². The lowest BCUT2D eigenvalue weighted by molar-refractivity contribution is -0.125. The summed E-state index contributed by atoms with van der Waals surface area (Å²) in [6.45, 7) is 10.2. The molecule has 2 aliphatic heterocycles. The highest BCUT2D eigenvalue weighted by molar-refractivity contribution is 7.17. The van der Waals surface area contributed by atoms with Crippen molar-refractivity contribution >= 4 is 22.4 Å². The number of hydrogen-bond acceptors (Lipinski definition) is 6. The average molecular weight is 417 g/mol. The molecule has 2 saturated heterocycles. The van der Waals surface area contributed by atoms with Gasteiger partial charge in [0.25, 0.3) is 0 Å². The van der Waals surface area contributed by atoms with Crippen molar-refractivity contribution in [3.63, 3.8) is 0 Å². The van der Waals surface area contributed by atoms with E-state index in [4.69, 9.17) is 0 Å². The topological polar surface area (TPSA) is 66.3 Å². The second-order valence-corrected chi connectivity index (χ2v) is 9.23. The molecule has 29 heavy (non-hydrogen) atoms. The van der Waals surface area contributed by atoms with Crippen molar-refractivity contribution in [2.45, 2.75) is 46.0 Å². The van der Waals surface area contributed by atoms with Gasteiger partial charge < -0.3 is 15.1 Å². The molecule has 2 fully saturated rings. The predicted octanol–water partition coefficient (Wildman–Crippen LogP) is 2.76. The lowest BCUT2D eigenvalue weighted by Crippen LogP contribution is -2.43. The first-order valence-electron chi connectivity index (χ1n) is 10.9. The fourth-order valence-electron chi connectivity index (χ4n) is 4.43. The molecule has 0 aromatic carbocycles. The molecule has 0 saturated carbocycles. The standard InChI is InChI=1S/C21H32N6OS/c1-16-8-9-17(2)27(16)21-24-23-20(29-21)26-14-5-7-18(15-26)19(28)22-10-6-13-25-11-3-4-12-25/h8-9,18H,3-7,10-15H2,1-2H3,(H,22,28)/t18-/m0/s1. The van der Waals surface area contributed by atoms with E-state index in [0.29, 0.717) is 0 Å². The minimum absolute atomic E-state index is 0.0398. The number of nitrogens with one attached hydrogen (secondary N) is 1. The molecule has 158 valence electrons. The lowest BCUT2D eigenvalue weighted by atomic mass is 9.97. The number of aromatic nitrogens is 3. The number of rotatable bonds is 7. The molecule has 7 nitrogen and oxygen atoms in total. The number of anilines is 1. The second-order valence-electron chi connectivity index (χ2n) is 8.30. The number of likely N-dealkylation sites (tertiary alicyclic amines) is 1. The van der Waals surface area contributed by atoms with E-state index < -0.39 is 0 Å². The summed E-state index contributed by atoms with van der Waals surface area (Å²) in [6, 6.07) is 4.20. The quantitative estimate of drug-likeness (QED) is 0.703. The third-order valence-corrected chi connectivity index (χ3v) is 7.05. The Balaban J connectivity index is 1.29. The van der Waals surface area contributed by atoms with Gasteiger partial charge in [-0.3, -0.25) is 9.36 Å². The van der Waals surface area contributed by atoms with E-state index in [9.17, 15) is 4.79 Å². The molecule has 1 atom stereocenters. The Kier molecular flexibility index (Phi) is 6.50. The number of aryl methyl sites for hydroxylation is 2. The van der Waals surface area contributed by atoms with E-state index in [0.717, 1.165) is 67.1 Å². The van der Waals surface area contributed by atoms with Crippen molar-refractivity contribution in [1.82, 2.24) is 25.0 Å². The van der Waals surface area contributed by atoms with Gasteiger partial charge in [0.1, 0.15) is 0 Å². The largest absolute Gasteiger partial charge is 0.356 e. The zero-order valence-electron chi connectivity index (χ0n) is 17.6. The molecule has 4 heterocycles. The number of amides is 1. The normalized spacial score (nSPS) is 20.3. The average Bonchev–Trinajstić information content (AvgIpc) is 3.47. The summed E-state index contributed by atoms with van der Waals surface area (Å²) < 4.78 is 2.13. The van der Waals surface area contributed by atoms with Crippen molar-refractivity contribution in [3.05, 3.63) is 23.5 Å². The van der Waals surface area contributed by atoms with Gasteiger partial charge in [-0.1, -0.05) is 11.3 Å². The minimum atomic E-state index is 0.0398. The van der Waals surface area contributed by atoms with E-state index >= 15 is 0 Å². The smallest absolute Gasteiger partial charge is 0.224 e. The summed E-state index contributed by atoms with van der Waals surface area (Å²) >= 11 is 1.60. The number of nitrogens with zero attached hydrogens (tertiary/aromatic N) is 5. The van der Waals surface area contributed by atoms with Gasteiger partial charge in [0.2, 0.25) is 16.2 Å². The summed E-state index contributed by atoms with van der Waals surface area (Å²) in [5, 5.41) is 13.8. The third-order valence-electron chi connectivity index (χ3n) is 6.08. The molecular formula is C21H32N6OS. The van der Waals surface area contributed by atoms with Crippen LogP contribution >= 0.6 is 11.3 Å². The Bertz CT molecular complexity index is 806. The molecule has 1 N–H and O–H groups in total. The second kappa shape index (κ2) is 9.26. The van der Waals surface area contributed by atoms with Gasteiger partial charge >= 0.3 is 0 Å². The molecule has 1 amide bonds. The summed E-state index contributed by atoms with van der Waals surface area (Å²) in [5.74, 6) is 0.232. The van der Waals surface area contributed by atoms with E-state index in [1.807, 2.05) is 0 Å². The summed E-state index contributed by atoms with van der Waals surface area (Å²) in [5.41, 5.74) is 2.32. The molecular weight excluding hydrogens is 384 g/mol. The van der Waals surface area contributed by atoms with Gasteiger partial charge in [-0.15, -0.1) is 10.2 Å². The minimum Gasteiger partial charge on any atom is -0.356 e. The molecule has 2 aromatic rings. The molecule has 8 heteroatoms. The van der Waals surface area contributed by atoms with Gasteiger partial charge in [-0.25, -0.2) is 0 Å². The predicted molar refractivity (Wildman–Crippen MR) is 117 cm³/mol. The number of hydrogen-bond donors (Lipinski definition) is 1. The van der Waals surface area contributed by atoms with E-state index in [1.54, 1.807) is 11.3 Å². The Morgan fingerprint density at radius 1 is 1.10 bits per heavy atom. The maximum Gasteiger partial charge on any atom is 0.224 e. The third kappa shape index (κ3) is 4.80. The molecule has 0 aliphatic carbocycles. The van der Waals surface area contributed by atoms with Crippen LogP contribution in [-0.2, 0) is 4.79 Å². The van der Waals surface area contributed by atoms with Crippen molar-refractivity contribution in [1.29, 1.82) is 0 Å². The van der Waals surface area contributed by atoms with E-state index in [2.05, 4.69) is 55.9 Å². The zero-order valence-corrected chi connectivity index (χ0v) is 18.4. The maximum absolute atomic E-state index is 12.7. The summed E-state index contributed by atoms with van der Waals surface area (Å²) in [6.07, 6.45) is 5.65. The molecule has 2 aliphatic rings. The van der Waals surface area contributed by atoms with Crippen LogP contribution < -0.4 is 10.2 Å². The number of carbonyl (C=O) groups excluding carboxylic acids is 1. The summed E-state index contributed by atoms with van der Waals surface area (Å²) in [4.78, 5) is 17.4. The summed E-state index contributed by atoms with van der Waals surface area (Å²) in [7, 11) is 0. The number of carbonyl (C=O) groups is 1. The first kappa shape index (κ1) is 20.3. The highest BCUT2D eigenvalue weighted by Gasteiger charge is 2.28. The van der Waals surface area contributed by atoms with Crippen LogP contribution in [0.5, 0.6) is 0 Å². The Morgan fingerprint density at radius 2 is 1.83 bits per heavy atom. The number of piperidine rings is 1. The van der Waals surface area contributed by atoms with E-state index in [1.165, 1.54) is 25.9 Å². The van der Waals surface area contributed by atoms with Gasteiger partial charge in [0, 0.05) is 31.0 Å². The van der Waals surface area contributed by atoms with Gasteiger partial charge in [-0.2, -0.15) is 0 Å². The van der Waals surface area contributed by atoms with Crippen molar-refractivity contribution in [2.24, 2.45) is 5.92 Å². The van der Waals surface area contributed by atoms with Crippen LogP contribution in [0.3, 0.4) is 0 Å². The van der Waals surface area contributed by atoms with Crippen LogP contribution in [0.1, 0.15) is 43.5 Å². The van der Waals surface area contributed by atoms with Crippen LogP contribution in [0.15, 0.2) is 12.1 Å². The van der Waals surface area contributed by atoms with Crippen molar-refractivity contribution < 1.29 is 4.79 Å².